The summed E-state index contributed by atoms with van der Waals surface area (Å²) >= 11 is 0. The molecule has 2 rings (SSSR count). The maximum Gasteiger partial charge on any atom is 0.218 e. The lowest BCUT2D eigenvalue weighted by Crippen LogP contribution is -2.28. The van der Waals surface area contributed by atoms with E-state index < -0.39 is 10.0 Å². The molecule has 0 atom stereocenters. The van der Waals surface area contributed by atoms with Crippen molar-refractivity contribution in [3.63, 3.8) is 0 Å². The molecule has 0 aliphatic heterocycles. The Morgan fingerprint density at radius 2 is 1.55 bits per heavy atom. The number of nitrogens with zero attached hydrogens (tertiary/aromatic N) is 1. The second-order valence-corrected chi connectivity index (χ2v) is 7.00. The van der Waals surface area contributed by atoms with Crippen LogP contribution in [0, 0.1) is 6.92 Å². The lowest BCUT2D eigenvalue weighted by Gasteiger charge is -2.18. The van der Waals surface area contributed by atoms with E-state index in [1.807, 2.05) is 61.5 Å². The fraction of sp³-hybridized carbons (Fsp3) is 0.250. The Morgan fingerprint density at radius 1 is 0.950 bits per heavy atom. The Balaban J connectivity index is 2.12. The molecule has 20 heavy (non-hydrogen) atoms. The highest BCUT2D eigenvalue weighted by Gasteiger charge is 2.19. The highest BCUT2D eigenvalue weighted by molar-refractivity contribution is 7.88. The van der Waals surface area contributed by atoms with E-state index in [0.29, 0.717) is 6.54 Å². The third-order valence-corrected chi connectivity index (χ3v) is 5.10. The van der Waals surface area contributed by atoms with E-state index in [4.69, 9.17) is 0 Å². The molecular formula is C16H19NO2S. The van der Waals surface area contributed by atoms with Gasteiger partial charge in [-0.05, 0) is 23.6 Å². The van der Waals surface area contributed by atoms with Gasteiger partial charge < -0.3 is 0 Å². The maximum absolute atomic E-state index is 12.3. The summed E-state index contributed by atoms with van der Waals surface area (Å²) in [6.07, 6.45) is 0. The zero-order chi connectivity index (χ0) is 14.6. The highest BCUT2D eigenvalue weighted by Crippen LogP contribution is 2.15. The average molecular weight is 289 g/mol. The molecular weight excluding hydrogens is 270 g/mol. The van der Waals surface area contributed by atoms with Crippen LogP contribution in [0.4, 0.5) is 0 Å². The van der Waals surface area contributed by atoms with Crippen LogP contribution < -0.4 is 0 Å². The molecule has 0 fully saturated rings. The summed E-state index contributed by atoms with van der Waals surface area (Å²) in [5, 5.41) is 0. The van der Waals surface area contributed by atoms with Gasteiger partial charge in [0.1, 0.15) is 0 Å². The first-order chi connectivity index (χ1) is 9.49. The Morgan fingerprint density at radius 3 is 2.20 bits per heavy atom. The summed E-state index contributed by atoms with van der Waals surface area (Å²) in [6, 6.07) is 17.1. The van der Waals surface area contributed by atoms with Crippen LogP contribution in [0.3, 0.4) is 0 Å². The maximum atomic E-state index is 12.3. The normalized spacial score (nSPS) is 11.8. The Hall–Kier alpha value is -1.65. The molecule has 0 unspecified atom stereocenters. The van der Waals surface area contributed by atoms with Crippen molar-refractivity contribution in [3.05, 3.63) is 71.3 Å². The molecule has 0 N–H and O–H groups in total. The van der Waals surface area contributed by atoms with Crippen LogP contribution in [0.15, 0.2) is 54.6 Å². The van der Waals surface area contributed by atoms with Crippen LogP contribution in [0.25, 0.3) is 0 Å². The van der Waals surface area contributed by atoms with Gasteiger partial charge in [0.2, 0.25) is 10.0 Å². The van der Waals surface area contributed by atoms with Crippen LogP contribution in [-0.4, -0.2) is 19.8 Å². The van der Waals surface area contributed by atoms with Gasteiger partial charge in [0, 0.05) is 13.6 Å². The Labute approximate surface area is 120 Å². The van der Waals surface area contributed by atoms with Gasteiger partial charge >= 0.3 is 0 Å². The van der Waals surface area contributed by atoms with Gasteiger partial charge in [0.05, 0.1) is 5.75 Å². The van der Waals surface area contributed by atoms with Gasteiger partial charge in [-0.2, -0.15) is 0 Å². The second-order valence-electron chi connectivity index (χ2n) is 4.92. The number of hydrogen-bond donors (Lipinski definition) is 0. The summed E-state index contributed by atoms with van der Waals surface area (Å²) in [4.78, 5) is 0. The topological polar surface area (TPSA) is 37.4 Å². The minimum absolute atomic E-state index is 0.0379. The SMILES string of the molecule is Cc1ccccc1CN(C)S(=O)(=O)Cc1ccccc1. The molecule has 0 saturated carbocycles. The molecule has 0 saturated heterocycles. The molecule has 0 radical (unpaired) electrons. The third-order valence-electron chi connectivity index (χ3n) is 3.32. The molecule has 0 amide bonds. The van der Waals surface area contributed by atoms with Crippen molar-refractivity contribution in [1.29, 1.82) is 0 Å². The van der Waals surface area contributed by atoms with Gasteiger partial charge in [0.25, 0.3) is 0 Å². The lowest BCUT2D eigenvalue weighted by atomic mass is 10.1. The standard InChI is InChI=1S/C16H19NO2S/c1-14-8-6-7-11-16(14)12-17(2)20(18,19)13-15-9-4-3-5-10-15/h3-11H,12-13H2,1-2H3. The number of benzene rings is 2. The fourth-order valence-electron chi connectivity index (χ4n) is 2.02. The summed E-state index contributed by atoms with van der Waals surface area (Å²) in [5.74, 6) is 0.0379. The van der Waals surface area contributed by atoms with E-state index in [1.165, 1.54) is 4.31 Å². The zero-order valence-electron chi connectivity index (χ0n) is 11.8. The van der Waals surface area contributed by atoms with Crippen molar-refractivity contribution in [2.45, 2.75) is 19.2 Å². The molecule has 0 heterocycles. The first kappa shape index (κ1) is 14.8. The molecule has 0 aliphatic rings. The van der Waals surface area contributed by atoms with Crippen LogP contribution in [-0.2, 0) is 22.3 Å². The first-order valence-electron chi connectivity index (χ1n) is 6.51. The molecule has 0 aliphatic carbocycles. The first-order valence-corrected chi connectivity index (χ1v) is 8.12. The molecule has 0 bridgehead atoms. The van der Waals surface area contributed by atoms with E-state index in [0.717, 1.165) is 16.7 Å². The molecule has 4 heteroatoms. The zero-order valence-corrected chi connectivity index (χ0v) is 12.6. The van der Waals surface area contributed by atoms with Gasteiger partial charge in [0.15, 0.2) is 0 Å². The fourth-order valence-corrected chi connectivity index (χ4v) is 3.19. The Kier molecular flexibility index (Phi) is 4.57. The summed E-state index contributed by atoms with van der Waals surface area (Å²) in [6.45, 7) is 2.40. The smallest absolute Gasteiger partial charge is 0.212 e. The molecule has 2 aromatic rings. The summed E-state index contributed by atoms with van der Waals surface area (Å²) in [5.41, 5.74) is 2.95. The van der Waals surface area contributed by atoms with Crippen LogP contribution in [0.5, 0.6) is 0 Å². The average Bonchev–Trinajstić information content (AvgIpc) is 2.42. The van der Waals surface area contributed by atoms with E-state index >= 15 is 0 Å². The van der Waals surface area contributed by atoms with Gasteiger partial charge in [-0.15, -0.1) is 0 Å². The minimum Gasteiger partial charge on any atom is -0.212 e. The third kappa shape index (κ3) is 3.68. The molecule has 0 aromatic heterocycles. The monoisotopic (exact) mass is 289 g/mol. The largest absolute Gasteiger partial charge is 0.218 e. The van der Waals surface area contributed by atoms with Gasteiger partial charge in [-0.1, -0.05) is 54.6 Å². The number of hydrogen-bond acceptors (Lipinski definition) is 2. The number of aryl methyl sites for hydroxylation is 1. The second kappa shape index (κ2) is 6.20. The van der Waals surface area contributed by atoms with Crippen LogP contribution in [0.1, 0.15) is 16.7 Å². The van der Waals surface area contributed by atoms with E-state index in [-0.39, 0.29) is 5.75 Å². The van der Waals surface area contributed by atoms with Gasteiger partial charge in [-0.25, -0.2) is 12.7 Å². The van der Waals surface area contributed by atoms with Crippen LogP contribution >= 0.6 is 0 Å². The highest BCUT2D eigenvalue weighted by atomic mass is 32.2. The minimum atomic E-state index is -3.29. The summed E-state index contributed by atoms with van der Waals surface area (Å²) < 4.78 is 26.1. The summed E-state index contributed by atoms with van der Waals surface area (Å²) in [7, 11) is -1.67. The molecule has 0 spiro atoms. The molecule has 106 valence electrons. The predicted octanol–water partition coefficient (Wildman–Crippen LogP) is 2.96. The van der Waals surface area contributed by atoms with Gasteiger partial charge in [-0.3, -0.25) is 0 Å². The van der Waals surface area contributed by atoms with Crippen molar-refractivity contribution < 1.29 is 8.42 Å². The van der Waals surface area contributed by atoms with Crippen LogP contribution in [0.2, 0.25) is 0 Å². The van der Waals surface area contributed by atoms with Crippen molar-refractivity contribution >= 4 is 10.0 Å². The van der Waals surface area contributed by atoms with Crippen molar-refractivity contribution in [2.24, 2.45) is 0 Å². The number of rotatable bonds is 5. The van der Waals surface area contributed by atoms with Crippen molar-refractivity contribution in [1.82, 2.24) is 4.31 Å². The lowest BCUT2D eigenvalue weighted by molar-refractivity contribution is 0.465. The quantitative estimate of drug-likeness (QED) is 0.848. The van der Waals surface area contributed by atoms with E-state index in [1.54, 1.807) is 7.05 Å². The van der Waals surface area contributed by atoms with Crippen molar-refractivity contribution in [2.75, 3.05) is 7.05 Å². The van der Waals surface area contributed by atoms with E-state index in [2.05, 4.69) is 0 Å². The van der Waals surface area contributed by atoms with E-state index in [9.17, 15) is 8.42 Å². The van der Waals surface area contributed by atoms with Crippen molar-refractivity contribution in [3.8, 4) is 0 Å². The molecule has 3 nitrogen and oxygen atoms in total. The predicted molar refractivity (Wildman–Crippen MR) is 81.7 cm³/mol. The Bertz CT molecular complexity index is 666. The number of sulfonamides is 1. The molecule has 2 aromatic carbocycles.